The molecule has 20 heavy (non-hydrogen) atoms. The largest absolute Gasteiger partial charge is 0.343 e. The first-order valence-electron chi connectivity index (χ1n) is 6.75. The standard InChI is InChI=1S/C12H17N5O2S/c18-10-13-3-6-17(10)11(19)15-8-9-2-1-5-16(9)12-14-4-7-20-12/h4,7,9H,1-3,5-6,8H2,(H,13,18)(H,15,19). The zero-order valence-corrected chi connectivity index (χ0v) is 11.9. The van der Waals surface area contributed by atoms with Crippen LogP contribution in [0.15, 0.2) is 11.6 Å². The Bertz CT molecular complexity index is 492. The lowest BCUT2D eigenvalue weighted by Gasteiger charge is -2.25. The monoisotopic (exact) mass is 295 g/mol. The van der Waals surface area contributed by atoms with Gasteiger partial charge in [-0.3, -0.25) is 0 Å². The summed E-state index contributed by atoms with van der Waals surface area (Å²) >= 11 is 1.61. The number of thiazole rings is 1. The fourth-order valence-electron chi connectivity index (χ4n) is 2.62. The van der Waals surface area contributed by atoms with E-state index in [1.807, 2.05) is 5.38 Å². The average molecular weight is 295 g/mol. The lowest BCUT2D eigenvalue weighted by Crippen LogP contribution is -2.46. The van der Waals surface area contributed by atoms with E-state index in [1.54, 1.807) is 17.5 Å². The summed E-state index contributed by atoms with van der Waals surface area (Å²) in [7, 11) is 0. The fourth-order valence-corrected chi connectivity index (χ4v) is 3.36. The molecule has 1 atom stereocenters. The first kappa shape index (κ1) is 13.2. The molecule has 7 nitrogen and oxygen atoms in total. The third-order valence-electron chi connectivity index (χ3n) is 3.63. The van der Waals surface area contributed by atoms with E-state index < -0.39 is 0 Å². The summed E-state index contributed by atoms with van der Waals surface area (Å²) in [6, 6.07) is -0.368. The highest BCUT2D eigenvalue weighted by atomic mass is 32.1. The van der Waals surface area contributed by atoms with Gasteiger partial charge in [-0.1, -0.05) is 0 Å². The Kier molecular flexibility index (Phi) is 3.72. The molecule has 2 fully saturated rings. The van der Waals surface area contributed by atoms with Crippen LogP contribution in [0, 0.1) is 0 Å². The van der Waals surface area contributed by atoms with Gasteiger partial charge in [0.1, 0.15) is 0 Å². The number of anilines is 1. The van der Waals surface area contributed by atoms with E-state index in [0.717, 1.165) is 24.5 Å². The minimum Gasteiger partial charge on any atom is -0.343 e. The second-order valence-corrected chi connectivity index (χ2v) is 5.75. The van der Waals surface area contributed by atoms with Gasteiger partial charge in [-0.15, -0.1) is 11.3 Å². The molecule has 0 radical (unpaired) electrons. The molecule has 0 aliphatic carbocycles. The van der Waals surface area contributed by atoms with Crippen LogP contribution in [0.3, 0.4) is 0 Å². The first-order chi connectivity index (χ1) is 9.75. The molecule has 1 aromatic heterocycles. The van der Waals surface area contributed by atoms with Gasteiger partial charge in [0, 0.05) is 43.8 Å². The summed E-state index contributed by atoms with van der Waals surface area (Å²) < 4.78 is 0. The number of hydrogen-bond donors (Lipinski definition) is 2. The normalized spacial score (nSPS) is 22.2. The number of carbonyl (C=O) groups is 2. The summed E-state index contributed by atoms with van der Waals surface area (Å²) in [6.07, 6.45) is 3.93. The Balaban J connectivity index is 1.55. The van der Waals surface area contributed by atoms with E-state index in [0.29, 0.717) is 19.6 Å². The molecule has 3 rings (SSSR count). The molecule has 1 aromatic rings. The van der Waals surface area contributed by atoms with Crippen molar-refractivity contribution < 1.29 is 9.59 Å². The molecule has 2 N–H and O–H groups in total. The first-order valence-corrected chi connectivity index (χ1v) is 7.63. The van der Waals surface area contributed by atoms with Crippen LogP contribution in [-0.2, 0) is 0 Å². The van der Waals surface area contributed by atoms with E-state index in [9.17, 15) is 9.59 Å². The van der Waals surface area contributed by atoms with Gasteiger partial charge >= 0.3 is 12.1 Å². The maximum Gasteiger partial charge on any atom is 0.325 e. The highest BCUT2D eigenvalue weighted by Gasteiger charge is 2.29. The van der Waals surface area contributed by atoms with Crippen molar-refractivity contribution in [2.75, 3.05) is 31.1 Å². The number of carbonyl (C=O) groups excluding carboxylic acids is 2. The number of hydrogen-bond acceptors (Lipinski definition) is 5. The number of rotatable bonds is 3. The van der Waals surface area contributed by atoms with Crippen molar-refractivity contribution in [3.63, 3.8) is 0 Å². The molecule has 8 heteroatoms. The maximum absolute atomic E-state index is 11.9. The van der Waals surface area contributed by atoms with Crippen molar-refractivity contribution in [3.8, 4) is 0 Å². The Morgan fingerprint density at radius 2 is 2.45 bits per heavy atom. The molecule has 2 aliphatic rings. The van der Waals surface area contributed by atoms with E-state index in [4.69, 9.17) is 0 Å². The molecule has 3 heterocycles. The van der Waals surface area contributed by atoms with Crippen LogP contribution in [0.4, 0.5) is 14.7 Å². The Labute approximate surface area is 121 Å². The number of aromatic nitrogens is 1. The molecule has 0 aromatic carbocycles. The van der Waals surface area contributed by atoms with E-state index in [2.05, 4.69) is 20.5 Å². The molecule has 0 saturated carbocycles. The van der Waals surface area contributed by atoms with Gasteiger partial charge in [-0.05, 0) is 12.8 Å². The van der Waals surface area contributed by atoms with E-state index >= 15 is 0 Å². The minimum atomic E-state index is -0.314. The molecule has 108 valence electrons. The van der Waals surface area contributed by atoms with Crippen molar-refractivity contribution in [1.82, 2.24) is 20.5 Å². The van der Waals surface area contributed by atoms with Gasteiger partial charge in [0.25, 0.3) is 0 Å². The van der Waals surface area contributed by atoms with Gasteiger partial charge < -0.3 is 15.5 Å². The van der Waals surface area contributed by atoms with Crippen molar-refractivity contribution in [3.05, 3.63) is 11.6 Å². The van der Waals surface area contributed by atoms with E-state index in [1.165, 1.54) is 4.90 Å². The summed E-state index contributed by atoms with van der Waals surface area (Å²) in [5, 5.41) is 8.42. The topological polar surface area (TPSA) is 77.6 Å². The molecule has 0 bridgehead atoms. The van der Waals surface area contributed by atoms with Crippen molar-refractivity contribution >= 4 is 28.5 Å². The summed E-state index contributed by atoms with van der Waals surface area (Å²) in [6.45, 7) is 2.48. The van der Waals surface area contributed by atoms with Crippen molar-refractivity contribution in [1.29, 1.82) is 0 Å². The fraction of sp³-hybridized carbons (Fsp3) is 0.583. The van der Waals surface area contributed by atoms with Crippen LogP contribution >= 0.6 is 11.3 Å². The van der Waals surface area contributed by atoms with Crippen LogP contribution in [0.2, 0.25) is 0 Å². The predicted molar refractivity (Wildman–Crippen MR) is 76.0 cm³/mol. The highest BCUT2D eigenvalue weighted by molar-refractivity contribution is 7.13. The second-order valence-electron chi connectivity index (χ2n) is 4.87. The average Bonchev–Trinajstić information content (AvgIpc) is 3.16. The lowest BCUT2D eigenvalue weighted by molar-refractivity contribution is 0.198. The number of urea groups is 2. The predicted octanol–water partition coefficient (Wildman–Crippen LogP) is 0.847. The smallest absolute Gasteiger partial charge is 0.325 e. The van der Waals surface area contributed by atoms with Gasteiger partial charge in [-0.25, -0.2) is 19.5 Å². The Hall–Kier alpha value is -1.83. The SMILES string of the molecule is O=C1NCCN1C(=O)NCC1CCCN1c1nccs1. The zero-order chi connectivity index (χ0) is 13.9. The second kappa shape index (κ2) is 5.66. The summed E-state index contributed by atoms with van der Waals surface area (Å²) in [5.41, 5.74) is 0. The summed E-state index contributed by atoms with van der Waals surface area (Å²) in [5.74, 6) is 0. The van der Waals surface area contributed by atoms with Gasteiger partial charge in [0.05, 0.1) is 0 Å². The molecule has 1 unspecified atom stereocenters. The molecule has 2 saturated heterocycles. The molecule has 2 aliphatic heterocycles. The maximum atomic E-state index is 11.9. The Morgan fingerprint density at radius 3 is 3.15 bits per heavy atom. The van der Waals surface area contributed by atoms with Crippen LogP contribution in [0.1, 0.15) is 12.8 Å². The molecular formula is C12H17N5O2S. The molecular weight excluding hydrogens is 278 g/mol. The van der Waals surface area contributed by atoms with Gasteiger partial charge in [-0.2, -0.15) is 0 Å². The van der Waals surface area contributed by atoms with Crippen LogP contribution in [0.5, 0.6) is 0 Å². The highest BCUT2D eigenvalue weighted by Crippen LogP contribution is 2.26. The molecule has 0 spiro atoms. The number of imide groups is 1. The number of nitrogens with one attached hydrogen (secondary N) is 2. The van der Waals surface area contributed by atoms with E-state index in [-0.39, 0.29) is 18.1 Å². The van der Waals surface area contributed by atoms with Crippen LogP contribution < -0.4 is 15.5 Å². The number of nitrogens with zero attached hydrogens (tertiary/aromatic N) is 3. The quantitative estimate of drug-likeness (QED) is 0.866. The van der Waals surface area contributed by atoms with Gasteiger partial charge in [0.2, 0.25) is 0 Å². The third kappa shape index (κ3) is 2.55. The zero-order valence-electron chi connectivity index (χ0n) is 11.0. The van der Waals surface area contributed by atoms with Crippen molar-refractivity contribution in [2.45, 2.75) is 18.9 Å². The summed E-state index contributed by atoms with van der Waals surface area (Å²) in [4.78, 5) is 31.1. The molecule has 4 amide bonds. The van der Waals surface area contributed by atoms with Crippen LogP contribution in [0.25, 0.3) is 0 Å². The van der Waals surface area contributed by atoms with Crippen LogP contribution in [-0.4, -0.2) is 54.2 Å². The van der Waals surface area contributed by atoms with Crippen molar-refractivity contribution in [2.24, 2.45) is 0 Å². The third-order valence-corrected chi connectivity index (χ3v) is 4.44. The minimum absolute atomic E-state index is 0.260. The number of amides is 4. The lowest BCUT2D eigenvalue weighted by atomic mass is 10.2. The Morgan fingerprint density at radius 1 is 1.55 bits per heavy atom. The van der Waals surface area contributed by atoms with Gasteiger partial charge in [0.15, 0.2) is 5.13 Å².